The largest absolute Gasteiger partial charge is 0.464 e. The van der Waals surface area contributed by atoms with Gasteiger partial charge in [0.1, 0.15) is 5.58 Å². The van der Waals surface area contributed by atoms with Gasteiger partial charge in [0.05, 0.1) is 6.26 Å². The maximum atomic E-state index is 5.57. The molecule has 2 aromatic carbocycles. The quantitative estimate of drug-likeness (QED) is 0.503. The van der Waals surface area contributed by atoms with E-state index in [9.17, 15) is 0 Å². The Bertz CT molecular complexity index is 880. The lowest BCUT2D eigenvalue weighted by Gasteiger charge is -2.42. The predicted octanol–water partition coefficient (Wildman–Crippen LogP) is 6.45. The number of rotatable bonds is 1. The molecule has 23 heavy (non-hydrogen) atoms. The number of hydrogen-bond acceptors (Lipinski definition) is 1. The van der Waals surface area contributed by atoms with E-state index in [4.69, 9.17) is 4.42 Å². The second-order valence-corrected chi connectivity index (χ2v) is 8.17. The topological polar surface area (TPSA) is 13.1 Å². The third-order valence-electron chi connectivity index (χ3n) is 5.66. The minimum absolute atomic E-state index is 0.241. The Morgan fingerprint density at radius 1 is 0.826 bits per heavy atom. The molecule has 1 heterocycles. The molecule has 0 saturated carbocycles. The summed E-state index contributed by atoms with van der Waals surface area (Å²) in [6, 6.07) is 15.4. The van der Waals surface area contributed by atoms with Crippen molar-refractivity contribution in [1.29, 1.82) is 0 Å². The third-order valence-corrected chi connectivity index (χ3v) is 5.66. The summed E-state index contributed by atoms with van der Waals surface area (Å²) in [4.78, 5) is 0. The molecule has 3 aromatic rings. The van der Waals surface area contributed by atoms with E-state index in [0.717, 1.165) is 5.58 Å². The van der Waals surface area contributed by atoms with Crippen molar-refractivity contribution in [3.63, 3.8) is 0 Å². The standard InChI is InChI=1S/C22H24O/c1-21(2)11-12-22(3,4)19-14-15(8-9-18(19)21)16-6-5-7-20-17(16)10-13-23-20/h5-10,13-14H,11-12H2,1-4H3. The Balaban J connectivity index is 1.94. The Morgan fingerprint density at radius 2 is 1.57 bits per heavy atom. The highest BCUT2D eigenvalue weighted by molar-refractivity contribution is 5.94. The summed E-state index contributed by atoms with van der Waals surface area (Å²) in [6.45, 7) is 9.50. The molecule has 0 saturated heterocycles. The maximum Gasteiger partial charge on any atom is 0.134 e. The normalized spacial score (nSPS) is 18.8. The van der Waals surface area contributed by atoms with Crippen LogP contribution in [0.4, 0.5) is 0 Å². The molecule has 0 amide bonds. The zero-order valence-corrected chi connectivity index (χ0v) is 14.4. The van der Waals surface area contributed by atoms with Crippen LogP contribution in [0, 0.1) is 0 Å². The van der Waals surface area contributed by atoms with Crippen LogP contribution in [-0.4, -0.2) is 0 Å². The smallest absolute Gasteiger partial charge is 0.134 e. The van der Waals surface area contributed by atoms with Crippen molar-refractivity contribution >= 4 is 11.0 Å². The lowest BCUT2D eigenvalue weighted by Crippen LogP contribution is -2.33. The third kappa shape index (κ3) is 2.22. The van der Waals surface area contributed by atoms with E-state index in [1.807, 2.05) is 6.07 Å². The van der Waals surface area contributed by atoms with Gasteiger partial charge in [-0.1, -0.05) is 58.0 Å². The fourth-order valence-electron chi connectivity index (χ4n) is 4.00. The summed E-state index contributed by atoms with van der Waals surface area (Å²) in [5, 5.41) is 1.19. The van der Waals surface area contributed by atoms with Crippen LogP contribution in [0.2, 0.25) is 0 Å². The molecule has 0 bridgehead atoms. The van der Waals surface area contributed by atoms with Gasteiger partial charge in [-0.15, -0.1) is 0 Å². The van der Waals surface area contributed by atoms with Gasteiger partial charge in [0.25, 0.3) is 0 Å². The van der Waals surface area contributed by atoms with Gasteiger partial charge in [0.2, 0.25) is 0 Å². The summed E-state index contributed by atoms with van der Waals surface area (Å²) in [5.74, 6) is 0. The molecule has 0 unspecified atom stereocenters. The van der Waals surface area contributed by atoms with Crippen molar-refractivity contribution in [2.45, 2.75) is 51.4 Å². The van der Waals surface area contributed by atoms with Gasteiger partial charge in [-0.25, -0.2) is 0 Å². The lowest BCUT2D eigenvalue weighted by molar-refractivity contribution is 0.332. The van der Waals surface area contributed by atoms with E-state index >= 15 is 0 Å². The van der Waals surface area contributed by atoms with Crippen molar-refractivity contribution in [3.05, 3.63) is 59.9 Å². The molecule has 1 heteroatoms. The van der Waals surface area contributed by atoms with Crippen LogP contribution in [-0.2, 0) is 10.8 Å². The molecule has 0 spiro atoms. The summed E-state index contributed by atoms with van der Waals surface area (Å²) >= 11 is 0. The summed E-state index contributed by atoms with van der Waals surface area (Å²) in [5.41, 5.74) is 7.04. The molecule has 118 valence electrons. The van der Waals surface area contributed by atoms with Crippen molar-refractivity contribution in [2.75, 3.05) is 0 Å². The van der Waals surface area contributed by atoms with Crippen molar-refractivity contribution in [2.24, 2.45) is 0 Å². The van der Waals surface area contributed by atoms with E-state index in [0.29, 0.717) is 0 Å². The van der Waals surface area contributed by atoms with Crippen LogP contribution in [0.3, 0.4) is 0 Å². The van der Waals surface area contributed by atoms with Gasteiger partial charge in [-0.05, 0) is 58.1 Å². The first kappa shape index (κ1) is 14.6. The molecule has 0 radical (unpaired) electrons. The van der Waals surface area contributed by atoms with Gasteiger partial charge >= 0.3 is 0 Å². The highest BCUT2D eigenvalue weighted by Gasteiger charge is 2.37. The average Bonchev–Trinajstić information content (AvgIpc) is 3.00. The van der Waals surface area contributed by atoms with Crippen molar-refractivity contribution < 1.29 is 4.42 Å². The molecule has 1 aliphatic rings. The molecule has 1 aromatic heterocycles. The van der Waals surface area contributed by atoms with Crippen LogP contribution in [0.25, 0.3) is 22.1 Å². The molecule has 0 atom stereocenters. The fraction of sp³-hybridized carbons (Fsp3) is 0.364. The number of benzene rings is 2. The Labute approximate surface area is 138 Å². The monoisotopic (exact) mass is 304 g/mol. The summed E-state index contributed by atoms with van der Waals surface area (Å²) < 4.78 is 5.57. The Hall–Kier alpha value is -2.02. The van der Waals surface area contributed by atoms with Crippen LogP contribution < -0.4 is 0 Å². The van der Waals surface area contributed by atoms with Crippen molar-refractivity contribution in [1.82, 2.24) is 0 Å². The zero-order chi connectivity index (χ0) is 16.2. The highest BCUT2D eigenvalue weighted by atomic mass is 16.3. The van der Waals surface area contributed by atoms with Gasteiger partial charge < -0.3 is 4.42 Å². The molecule has 0 fully saturated rings. The van der Waals surface area contributed by atoms with E-state index in [1.54, 1.807) is 6.26 Å². The molecular weight excluding hydrogens is 280 g/mol. The van der Waals surface area contributed by atoms with Gasteiger partial charge in [0.15, 0.2) is 0 Å². The van der Waals surface area contributed by atoms with E-state index in [-0.39, 0.29) is 10.8 Å². The van der Waals surface area contributed by atoms with Gasteiger partial charge in [0, 0.05) is 5.39 Å². The molecular formula is C22H24O. The molecule has 1 nitrogen and oxygen atoms in total. The Morgan fingerprint density at radius 3 is 2.35 bits per heavy atom. The minimum Gasteiger partial charge on any atom is -0.464 e. The van der Waals surface area contributed by atoms with Crippen LogP contribution >= 0.6 is 0 Å². The maximum absolute atomic E-state index is 5.57. The first-order chi connectivity index (χ1) is 10.9. The zero-order valence-electron chi connectivity index (χ0n) is 14.4. The summed E-state index contributed by atoms with van der Waals surface area (Å²) in [7, 11) is 0. The van der Waals surface area contributed by atoms with E-state index in [2.05, 4.69) is 64.1 Å². The Kier molecular flexibility index (Phi) is 3.00. The van der Waals surface area contributed by atoms with Crippen LogP contribution in [0.5, 0.6) is 0 Å². The van der Waals surface area contributed by atoms with E-state index in [1.165, 1.54) is 40.5 Å². The molecule has 4 rings (SSSR count). The van der Waals surface area contributed by atoms with Crippen LogP contribution in [0.1, 0.15) is 51.7 Å². The van der Waals surface area contributed by atoms with Crippen LogP contribution in [0.15, 0.2) is 53.1 Å². The first-order valence-corrected chi connectivity index (χ1v) is 8.50. The number of hydrogen-bond donors (Lipinski definition) is 0. The molecule has 1 aliphatic carbocycles. The van der Waals surface area contributed by atoms with Crippen molar-refractivity contribution in [3.8, 4) is 11.1 Å². The highest BCUT2D eigenvalue weighted by Crippen LogP contribution is 2.47. The van der Waals surface area contributed by atoms with Gasteiger partial charge in [-0.2, -0.15) is 0 Å². The van der Waals surface area contributed by atoms with Gasteiger partial charge in [-0.3, -0.25) is 0 Å². The fourth-order valence-corrected chi connectivity index (χ4v) is 4.00. The predicted molar refractivity (Wildman–Crippen MR) is 96.9 cm³/mol. The second-order valence-electron chi connectivity index (χ2n) is 8.17. The first-order valence-electron chi connectivity index (χ1n) is 8.50. The van der Waals surface area contributed by atoms with E-state index < -0.39 is 0 Å². The lowest BCUT2D eigenvalue weighted by atomic mass is 9.63. The second kappa shape index (κ2) is 4.74. The number of fused-ring (bicyclic) bond motifs is 2. The molecule has 0 aliphatic heterocycles. The summed E-state index contributed by atoms with van der Waals surface area (Å²) in [6.07, 6.45) is 4.27. The molecule has 0 N–H and O–H groups in total. The average molecular weight is 304 g/mol. The SMILES string of the molecule is CC1(C)CCC(C)(C)c2cc(-c3cccc4occc34)ccc21. The minimum atomic E-state index is 0.241. The number of furan rings is 1.